The van der Waals surface area contributed by atoms with Gasteiger partial charge in [0.05, 0.1) is 11.3 Å². The predicted octanol–water partition coefficient (Wildman–Crippen LogP) is 2.92. The lowest BCUT2D eigenvalue weighted by molar-refractivity contribution is -0.141. The van der Waals surface area contributed by atoms with Gasteiger partial charge in [0.25, 0.3) is 0 Å². The maximum absolute atomic E-state index is 12.9. The van der Waals surface area contributed by atoms with Crippen molar-refractivity contribution in [2.45, 2.75) is 50.3 Å². The van der Waals surface area contributed by atoms with Gasteiger partial charge in [0.2, 0.25) is 10.0 Å². The minimum atomic E-state index is -4.59. The van der Waals surface area contributed by atoms with Crippen LogP contribution in [-0.4, -0.2) is 67.5 Å². The molecule has 3 aliphatic rings. The van der Waals surface area contributed by atoms with Crippen molar-refractivity contribution >= 4 is 10.0 Å². The monoisotopic (exact) mass is 447 g/mol. The fraction of sp³-hybridized carbons (Fsp3) is 0.750. The summed E-state index contributed by atoms with van der Waals surface area (Å²) in [5, 5.41) is 0. The van der Waals surface area contributed by atoms with Crippen molar-refractivity contribution in [3.63, 3.8) is 0 Å². The van der Waals surface area contributed by atoms with Gasteiger partial charge in [-0.1, -0.05) is 0 Å². The van der Waals surface area contributed by atoms with Crippen molar-refractivity contribution in [1.29, 1.82) is 0 Å². The first-order valence-electron chi connectivity index (χ1n) is 10.2. The normalized spacial score (nSPS) is 26.9. The van der Waals surface area contributed by atoms with Crippen molar-refractivity contribution in [3.05, 3.63) is 23.5 Å². The second kappa shape index (κ2) is 7.15. The van der Waals surface area contributed by atoms with Crippen LogP contribution in [0.25, 0.3) is 0 Å². The van der Waals surface area contributed by atoms with Crippen LogP contribution in [0.15, 0.2) is 17.0 Å². The van der Waals surface area contributed by atoms with Crippen molar-refractivity contribution < 1.29 is 26.3 Å². The summed E-state index contributed by atoms with van der Waals surface area (Å²) in [4.78, 5) is 5.69. The molecule has 1 aromatic heterocycles. The van der Waals surface area contributed by atoms with E-state index < -0.39 is 21.9 Å². The molecule has 0 amide bonds. The van der Waals surface area contributed by atoms with Crippen molar-refractivity contribution in [1.82, 2.24) is 14.2 Å². The molecule has 0 saturated carbocycles. The molecule has 0 aliphatic carbocycles. The summed E-state index contributed by atoms with van der Waals surface area (Å²) in [6.07, 6.45) is -2.52. The molecule has 3 saturated heterocycles. The number of aromatic nitrogens is 1. The number of likely N-dealkylation sites (tertiary alicyclic amines) is 1. The Morgan fingerprint density at radius 1 is 1.20 bits per heavy atom. The number of aryl methyl sites for hydroxylation is 1. The van der Waals surface area contributed by atoms with Gasteiger partial charge in [0.1, 0.15) is 10.6 Å². The molecule has 1 aromatic rings. The number of pyridine rings is 1. The molecule has 6 nitrogen and oxygen atoms in total. The van der Waals surface area contributed by atoms with Crippen molar-refractivity contribution in [2.75, 3.05) is 39.3 Å². The molecule has 10 heteroatoms. The first-order chi connectivity index (χ1) is 13.8. The summed E-state index contributed by atoms with van der Waals surface area (Å²) >= 11 is 0. The molecule has 0 bridgehead atoms. The standard InChI is InChI=1S/C20H28F3N3O3S/c1-14-16(4-5-17(24-14)20(21,22)23)30(27,28)26-12-19(13-26)10-25(11-19)9-15-6-7-29-18(2,3)8-15/h4-5,15H,6-13H2,1-3H3. The molecular formula is C20H28F3N3O3S. The highest BCUT2D eigenvalue weighted by atomic mass is 32.2. The fourth-order valence-electron chi connectivity index (χ4n) is 5.10. The molecule has 168 valence electrons. The van der Waals surface area contributed by atoms with Crippen molar-refractivity contribution in [3.8, 4) is 0 Å². The Kier molecular flexibility index (Phi) is 5.24. The number of ether oxygens (including phenoxy) is 1. The molecule has 0 aromatic carbocycles. The van der Waals surface area contributed by atoms with Crippen LogP contribution in [0, 0.1) is 18.3 Å². The smallest absolute Gasteiger partial charge is 0.376 e. The third-order valence-corrected chi connectivity index (χ3v) is 8.33. The van der Waals surface area contributed by atoms with Crippen LogP contribution in [0.5, 0.6) is 0 Å². The average Bonchev–Trinajstić information content (AvgIpc) is 2.53. The summed E-state index contributed by atoms with van der Waals surface area (Å²) in [7, 11) is -3.83. The first-order valence-corrected chi connectivity index (χ1v) is 11.7. The summed E-state index contributed by atoms with van der Waals surface area (Å²) in [5.74, 6) is 0.590. The number of alkyl halides is 3. The zero-order chi connectivity index (χ0) is 21.9. The molecule has 4 rings (SSSR count). The van der Waals surface area contributed by atoms with Gasteiger partial charge in [0, 0.05) is 44.7 Å². The van der Waals surface area contributed by atoms with Crippen LogP contribution in [0.4, 0.5) is 13.2 Å². The van der Waals surface area contributed by atoms with Gasteiger partial charge >= 0.3 is 6.18 Å². The van der Waals surface area contributed by atoms with E-state index in [0.717, 1.165) is 51.2 Å². The number of hydrogen-bond acceptors (Lipinski definition) is 5. The Balaban J connectivity index is 1.33. The molecule has 4 heterocycles. The lowest BCUT2D eigenvalue weighted by Gasteiger charge is -2.60. The van der Waals surface area contributed by atoms with Crippen LogP contribution < -0.4 is 0 Å². The highest BCUT2D eigenvalue weighted by molar-refractivity contribution is 7.89. The highest BCUT2D eigenvalue weighted by Gasteiger charge is 2.55. The Bertz CT molecular complexity index is 919. The molecule has 1 spiro atoms. The maximum atomic E-state index is 12.9. The molecule has 0 N–H and O–H groups in total. The third kappa shape index (κ3) is 4.11. The van der Waals surface area contributed by atoms with Gasteiger partial charge in [-0.3, -0.25) is 0 Å². The summed E-state index contributed by atoms with van der Waals surface area (Å²) < 4.78 is 71.3. The van der Waals surface area contributed by atoms with Crippen LogP contribution in [-0.2, 0) is 20.9 Å². The summed E-state index contributed by atoms with van der Waals surface area (Å²) in [6.45, 7) is 9.86. The Hall–Kier alpha value is -1.23. The molecular weight excluding hydrogens is 419 g/mol. The van der Waals surface area contributed by atoms with E-state index in [1.54, 1.807) is 0 Å². The third-order valence-electron chi connectivity index (χ3n) is 6.40. The number of rotatable bonds is 4. The van der Waals surface area contributed by atoms with E-state index in [9.17, 15) is 21.6 Å². The quantitative estimate of drug-likeness (QED) is 0.710. The second-order valence-electron chi connectivity index (χ2n) is 9.69. The van der Waals surface area contributed by atoms with Crippen LogP contribution >= 0.6 is 0 Å². The molecule has 3 fully saturated rings. The largest absolute Gasteiger partial charge is 0.433 e. The van der Waals surface area contributed by atoms with E-state index in [2.05, 4.69) is 23.7 Å². The summed E-state index contributed by atoms with van der Waals surface area (Å²) in [5.41, 5.74) is -1.31. The lowest BCUT2D eigenvalue weighted by atomic mass is 9.73. The second-order valence-corrected chi connectivity index (χ2v) is 11.6. The van der Waals surface area contributed by atoms with Gasteiger partial charge in [-0.25, -0.2) is 13.4 Å². The maximum Gasteiger partial charge on any atom is 0.433 e. The Morgan fingerprint density at radius 3 is 2.43 bits per heavy atom. The summed E-state index contributed by atoms with van der Waals surface area (Å²) in [6, 6.07) is 1.75. The number of sulfonamides is 1. The minimum absolute atomic E-state index is 0.0268. The lowest BCUT2D eigenvalue weighted by Crippen LogP contribution is -2.73. The SMILES string of the molecule is Cc1nc(C(F)(F)F)ccc1S(=O)(=O)N1CC2(CN(CC3CCOC(C)(C)C3)C2)C1. The molecule has 0 radical (unpaired) electrons. The van der Waals surface area contributed by atoms with Crippen molar-refractivity contribution in [2.24, 2.45) is 11.3 Å². The predicted molar refractivity (Wildman–Crippen MR) is 104 cm³/mol. The van der Waals surface area contributed by atoms with Gasteiger partial charge in [0.15, 0.2) is 0 Å². The zero-order valence-electron chi connectivity index (χ0n) is 17.5. The molecule has 1 unspecified atom stereocenters. The minimum Gasteiger partial charge on any atom is -0.376 e. The number of halogens is 3. The van der Waals surface area contributed by atoms with Gasteiger partial charge in [-0.15, -0.1) is 0 Å². The topological polar surface area (TPSA) is 62.7 Å². The van der Waals surface area contributed by atoms with Crippen LogP contribution in [0.3, 0.4) is 0 Å². The number of nitrogens with zero attached hydrogens (tertiary/aromatic N) is 3. The van der Waals surface area contributed by atoms with Crippen LogP contribution in [0.1, 0.15) is 38.1 Å². The Labute approximate surface area is 175 Å². The van der Waals surface area contributed by atoms with Crippen LogP contribution in [0.2, 0.25) is 0 Å². The molecule has 30 heavy (non-hydrogen) atoms. The van der Waals surface area contributed by atoms with Gasteiger partial charge < -0.3 is 9.64 Å². The number of hydrogen-bond donors (Lipinski definition) is 0. The Morgan fingerprint density at radius 2 is 1.87 bits per heavy atom. The molecule has 3 aliphatic heterocycles. The fourth-order valence-corrected chi connectivity index (χ4v) is 6.93. The van der Waals surface area contributed by atoms with E-state index in [1.807, 2.05) is 0 Å². The van der Waals surface area contributed by atoms with E-state index >= 15 is 0 Å². The zero-order valence-corrected chi connectivity index (χ0v) is 18.3. The van der Waals surface area contributed by atoms with E-state index in [4.69, 9.17) is 4.74 Å². The first kappa shape index (κ1) is 22.0. The van der Waals surface area contributed by atoms with E-state index in [1.165, 1.54) is 11.2 Å². The highest BCUT2D eigenvalue weighted by Crippen LogP contribution is 2.43. The van der Waals surface area contributed by atoms with Gasteiger partial charge in [-0.2, -0.15) is 17.5 Å². The average molecular weight is 448 g/mol. The van der Waals surface area contributed by atoms with Gasteiger partial charge in [-0.05, 0) is 51.7 Å². The van der Waals surface area contributed by atoms with E-state index in [0.29, 0.717) is 19.0 Å². The molecule has 1 atom stereocenters. The van der Waals surface area contributed by atoms with E-state index in [-0.39, 0.29) is 21.6 Å².